The number of hydrogen-bond acceptors (Lipinski definition) is 1. The van der Waals surface area contributed by atoms with Crippen molar-refractivity contribution in [3.8, 4) is 0 Å². The minimum absolute atomic E-state index is 0.297. The van der Waals surface area contributed by atoms with Crippen molar-refractivity contribution in [1.82, 2.24) is 0 Å². The molecule has 0 spiro atoms. The zero-order valence-electron chi connectivity index (χ0n) is 8.63. The molecule has 1 saturated carbocycles. The van der Waals surface area contributed by atoms with Crippen LogP contribution in [0.25, 0.3) is 0 Å². The molecule has 1 aliphatic rings. The van der Waals surface area contributed by atoms with Crippen molar-refractivity contribution < 1.29 is 4.79 Å². The van der Waals surface area contributed by atoms with Crippen molar-refractivity contribution in [2.75, 3.05) is 0 Å². The highest BCUT2D eigenvalue weighted by Crippen LogP contribution is 2.33. The number of ketones is 1. The second kappa shape index (κ2) is 3.59. The van der Waals surface area contributed by atoms with Crippen LogP contribution in [0, 0.1) is 23.7 Å². The predicted octanol–water partition coefficient (Wildman–Crippen LogP) is 2.89. The molecule has 0 aliphatic heterocycles. The van der Waals surface area contributed by atoms with E-state index in [0.717, 1.165) is 6.42 Å². The van der Waals surface area contributed by atoms with Gasteiger partial charge in [0.1, 0.15) is 5.78 Å². The summed E-state index contributed by atoms with van der Waals surface area (Å²) >= 11 is 0. The van der Waals surface area contributed by atoms with Crippen LogP contribution in [0.4, 0.5) is 0 Å². The summed E-state index contributed by atoms with van der Waals surface area (Å²) < 4.78 is 0. The fourth-order valence-electron chi connectivity index (χ4n) is 2.11. The van der Waals surface area contributed by atoms with Crippen molar-refractivity contribution in [3.63, 3.8) is 0 Å². The zero-order valence-corrected chi connectivity index (χ0v) is 8.63. The highest BCUT2D eigenvalue weighted by molar-refractivity contribution is 5.84. The number of Topliss-reactive ketones (excluding diaryl/α,β-unsaturated/α-hetero) is 1. The number of carbonyl (C=O) groups excluding carboxylic acids is 1. The van der Waals surface area contributed by atoms with Crippen LogP contribution >= 0.6 is 0 Å². The van der Waals surface area contributed by atoms with Crippen LogP contribution in [-0.4, -0.2) is 5.78 Å². The van der Waals surface area contributed by atoms with Crippen LogP contribution in [0.5, 0.6) is 0 Å². The summed E-state index contributed by atoms with van der Waals surface area (Å²) in [6, 6.07) is 0. The summed E-state index contributed by atoms with van der Waals surface area (Å²) in [5.41, 5.74) is 0. The third kappa shape index (κ3) is 1.70. The van der Waals surface area contributed by atoms with Crippen molar-refractivity contribution in [1.29, 1.82) is 0 Å². The van der Waals surface area contributed by atoms with E-state index in [-0.39, 0.29) is 0 Å². The van der Waals surface area contributed by atoms with Crippen molar-refractivity contribution >= 4 is 5.78 Å². The first-order valence-electron chi connectivity index (χ1n) is 5.07. The zero-order chi connectivity index (χ0) is 9.30. The standard InChI is InChI=1S/C11H20O/c1-7(2)10-6-5-8(3)9(4)11(10)12/h7-10H,5-6H2,1-4H3. The average Bonchev–Trinajstić information content (AvgIpc) is 2.00. The minimum Gasteiger partial charge on any atom is -0.299 e. The van der Waals surface area contributed by atoms with Crippen LogP contribution < -0.4 is 0 Å². The predicted molar refractivity (Wildman–Crippen MR) is 50.9 cm³/mol. The van der Waals surface area contributed by atoms with Gasteiger partial charge >= 0.3 is 0 Å². The number of hydrogen-bond donors (Lipinski definition) is 0. The topological polar surface area (TPSA) is 17.1 Å². The Hall–Kier alpha value is -0.330. The highest BCUT2D eigenvalue weighted by Gasteiger charge is 2.34. The smallest absolute Gasteiger partial charge is 0.139 e. The van der Waals surface area contributed by atoms with Gasteiger partial charge in [0.25, 0.3) is 0 Å². The Labute approximate surface area is 75.5 Å². The maximum absolute atomic E-state index is 11.8. The Bertz CT molecular complexity index is 172. The Kier molecular flexibility index (Phi) is 2.92. The lowest BCUT2D eigenvalue weighted by atomic mass is 9.71. The maximum Gasteiger partial charge on any atom is 0.139 e. The second-order valence-corrected chi connectivity index (χ2v) is 4.60. The van der Waals surface area contributed by atoms with E-state index in [4.69, 9.17) is 0 Å². The van der Waals surface area contributed by atoms with Gasteiger partial charge in [-0.15, -0.1) is 0 Å². The van der Waals surface area contributed by atoms with Crippen molar-refractivity contribution in [2.24, 2.45) is 23.7 Å². The molecule has 12 heavy (non-hydrogen) atoms. The molecule has 0 amide bonds. The van der Waals surface area contributed by atoms with Crippen molar-refractivity contribution in [3.05, 3.63) is 0 Å². The molecule has 1 nitrogen and oxygen atoms in total. The average molecular weight is 168 g/mol. The summed E-state index contributed by atoms with van der Waals surface area (Å²) in [6.45, 7) is 8.59. The molecule has 0 N–H and O–H groups in total. The summed E-state index contributed by atoms with van der Waals surface area (Å²) in [5.74, 6) is 2.28. The van der Waals surface area contributed by atoms with Crippen LogP contribution in [0.15, 0.2) is 0 Å². The molecule has 0 bridgehead atoms. The molecular weight excluding hydrogens is 148 g/mol. The monoisotopic (exact) mass is 168 g/mol. The normalized spacial score (nSPS) is 37.4. The van der Waals surface area contributed by atoms with Gasteiger partial charge in [0, 0.05) is 11.8 Å². The first-order valence-corrected chi connectivity index (χ1v) is 5.07. The second-order valence-electron chi connectivity index (χ2n) is 4.60. The lowest BCUT2D eigenvalue weighted by Crippen LogP contribution is -2.34. The molecule has 0 saturated heterocycles. The maximum atomic E-state index is 11.8. The lowest BCUT2D eigenvalue weighted by Gasteiger charge is -2.32. The fraction of sp³-hybridized carbons (Fsp3) is 0.909. The van der Waals surface area contributed by atoms with E-state index in [0.29, 0.717) is 29.5 Å². The molecule has 0 radical (unpaired) electrons. The number of carbonyl (C=O) groups is 1. The Morgan fingerprint density at radius 2 is 1.83 bits per heavy atom. The van der Waals surface area contributed by atoms with Gasteiger partial charge in [-0.3, -0.25) is 4.79 Å². The molecule has 3 atom stereocenters. The van der Waals surface area contributed by atoms with Crippen LogP contribution in [0.1, 0.15) is 40.5 Å². The number of rotatable bonds is 1. The summed E-state index contributed by atoms with van der Waals surface area (Å²) in [7, 11) is 0. The van der Waals surface area contributed by atoms with E-state index in [1.807, 2.05) is 0 Å². The highest BCUT2D eigenvalue weighted by atomic mass is 16.1. The van der Waals surface area contributed by atoms with E-state index < -0.39 is 0 Å². The molecule has 1 rings (SSSR count). The summed E-state index contributed by atoms with van der Waals surface area (Å²) in [6.07, 6.45) is 2.34. The van der Waals surface area contributed by atoms with Gasteiger partial charge in [-0.25, -0.2) is 0 Å². The molecule has 0 heterocycles. The van der Waals surface area contributed by atoms with Crippen LogP contribution in [0.3, 0.4) is 0 Å². The van der Waals surface area contributed by atoms with Gasteiger partial charge < -0.3 is 0 Å². The molecule has 1 aliphatic carbocycles. The molecular formula is C11H20O. The third-order valence-electron chi connectivity index (χ3n) is 3.41. The molecule has 70 valence electrons. The van der Waals surface area contributed by atoms with Gasteiger partial charge in [0.2, 0.25) is 0 Å². The largest absolute Gasteiger partial charge is 0.299 e. The van der Waals surface area contributed by atoms with Crippen molar-refractivity contribution in [2.45, 2.75) is 40.5 Å². The fourth-order valence-corrected chi connectivity index (χ4v) is 2.11. The van der Waals surface area contributed by atoms with Gasteiger partial charge in [-0.1, -0.05) is 27.7 Å². The molecule has 0 aromatic carbocycles. The molecule has 1 heteroatoms. The first-order chi connectivity index (χ1) is 5.54. The van der Waals surface area contributed by atoms with E-state index in [9.17, 15) is 4.79 Å². The van der Waals surface area contributed by atoms with Gasteiger partial charge in [-0.2, -0.15) is 0 Å². The van der Waals surface area contributed by atoms with E-state index in [2.05, 4.69) is 27.7 Å². The van der Waals surface area contributed by atoms with E-state index >= 15 is 0 Å². The third-order valence-corrected chi connectivity index (χ3v) is 3.41. The Balaban J connectivity index is 2.65. The van der Waals surface area contributed by atoms with Gasteiger partial charge in [-0.05, 0) is 24.7 Å². The minimum atomic E-state index is 0.297. The quantitative estimate of drug-likeness (QED) is 0.588. The molecule has 1 fully saturated rings. The van der Waals surface area contributed by atoms with Crippen LogP contribution in [0.2, 0.25) is 0 Å². The van der Waals surface area contributed by atoms with E-state index in [1.54, 1.807) is 0 Å². The molecule has 0 aromatic heterocycles. The lowest BCUT2D eigenvalue weighted by molar-refractivity contribution is -0.132. The SMILES string of the molecule is CC(C)C1CCC(C)C(C)C1=O. The van der Waals surface area contributed by atoms with Gasteiger partial charge in [0.15, 0.2) is 0 Å². The molecule has 0 aromatic rings. The molecule has 3 unspecified atom stereocenters. The summed E-state index contributed by atoms with van der Waals surface area (Å²) in [5, 5.41) is 0. The van der Waals surface area contributed by atoms with E-state index in [1.165, 1.54) is 6.42 Å². The first kappa shape index (κ1) is 9.76. The van der Waals surface area contributed by atoms with Crippen LogP contribution in [-0.2, 0) is 4.79 Å². The van der Waals surface area contributed by atoms with Gasteiger partial charge in [0.05, 0.1) is 0 Å². The summed E-state index contributed by atoms with van der Waals surface area (Å²) in [4.78, 5) is 11.8. The Morgan fingerprint density at radius 3 is 2.33 bits per heavy atom. The Morgan fingerprint density at radius 1 is 1.25 bits per heavy atom.